The van der Waals surface area contributed by atoms with Crippen molar-refractivity contribution in [1.82, 2.24) is 0 Å². The van der Waals surface area contributed by atoms with Gasteiger partial charge in [-0.05, 0) is 30.7 Å². The quantitative estimate of drug-likeness (QED) is 0.725. The molecule has 0 aromatic heterocycles. The monoisotopic (exact) mass is 261 g/mol. The minimum Gasteiger partial charge on any atom is -0.482 e. The van der Waals surface area contributed by atoms with Crippen molar-refractivity contribution < 1.29 is 9.53 Å². The lowest BCUT2D eigenvalue weighted by Crippen LogP contribution is -2.25. The Kier molecular flexibility index (Phi) is 2.97. The Hall–Kier alpha value is -1.91. The highest BCUT2D eigenvalue weighted by Crippen LogP contribution is 2.38. The number of carbonyl (C=O) groups excluding carboxylic acids is 1. The molecule has 0 saturated heterocycles. The second-order valence-electron chi connectivity index (χ2n) is 5.47. The number of anilines is 3. The third-order valence-electron chi connectivity index (χ3n) is 3.83. The van der Waals surface area contributed by atoms with Gasteiger partial charge in [0, 0.05) is 12.6 Å². The van der Waals surface area contributed by atoms with Crippen LogP contribution >= 0.6 is 0 Å². The topological polar surface area (TPSA) is 76.4 Å². The Morgan fingerprint density at radius 2 is 2.32 bits per heavy atom. The molecule has 1 aromatic rings. The van der Waals surface area contributed by atoms with Gasteiger partial charge in [-0.15, -0.1) is 0 Å². The van der Waals surface area contributed by atoms with Crippen molar-refractivity contribution in [3.05, 3.63) is 12.1 Å². The van der Waals surface area contributed by atoms with E-state index < -0.39 is 0 Å². The minimum absolute atomic E-state index is 0.0535. The van der Waals surface area contributed by atoms with Crippen molar-refractivity contribution in [3.63, 3.8) is 0 Å². The molecule has 1 fully saturated rings. The molecule has 1 atom stereocenters. The van der Waals surface area contributed by atoms with Gasteiger partial charge in [-0.25, -0.2) is 0 Å². The Bertz CT molecular complexity index is 512. The number of nitrogens with one attached hydrogen (secondary N) is 2. The molecule has 1 heterocycles. The van der Waals surface area contributed by atoms with Gasteiger partial charge >= 0.3 is 0 Å². The van der Waals surface area contributed by atoms with Crippen LogP contribution in [-0.2, 0) is 4.79 Å². The van der Waals surface area contributed by atoms with Crippen LogP contribution in [0.3, 0.4) is 0 Å². The maximum Gasteiger partial charge on any atom is 0.262 e. The molecule has 4 N–H and O–H groups in total. The van der Waals surface area contributed by atoms with Crippen LogP contribution in [0.1, 0.15) is 19.8 Å². The van der Waals surface area contributed by atoms with Gasteiger partial charge < -0.3 is 21.1 Å². The number of carbonyl (C=O) groups is 1. The molecule has 1 aromatic carbocycles. The minimum atomic E-state index is -0.130. The summed E-state index contributed by atoms with van der Waals surface area (Å²) in [4.78, 5) is 11.3. The second-order valence-corrected chi connectivity index (χ2v) is 5.47. The number of nitrogen functional groups attached to an aromatic ring is 1. The maximum absolute atomic E-state index is 11.3. The van der Waals surface area contributed by atoms with Crippen molar-refractivity contribution >= 4 is 23.0 Å². The summed E-state index contributed by atoms with van der Waals surface area (Å²) in [7, 11) is 0. The van der Waals surface area contributed by atoms with E-state index in [9.17, 15) is 4.79 Å². The highest BCUT2D eigenvalue weighted by atomic mass is 16.5. The first kappa shape index (κ1) is 12.1. The van der Waals surface area contributed by atoms with Gasteiger partial charge in [0.2, 0.25) is 0 Å². The van der Waals surface area contributed by atoms with Crippen LogP contribution in [0.25, 0.3) is 0 Å². The fourth-order valence-electron chi connectivity index (χ4n) is 2.40. The number of fused-ring (bicyclic) bond motifs is 1. The van der Waals surface area contributed by atoms with Gasteiger partial charge in [0.1, 0.15) is 5.75 Å². The molecule has 19 heavy (non-hydrogen) atoms. The zero-order valence-corrected chi connectivity index (χ0v) is 11.0. The summed E-state index contributed by atoms with van der Waals surface area (Å²) >= 11 is 0. The van der Waals surface area contributed by atoms with Crippen molar-refractivity contribution in [1.29, 1.82) is 0 Å². The molecular weight excluding hydrogens is 242 g/mol. The van der Waals surface area contributed by atoms with Crippen LogP contribution in [0.2, 0.25) is 0 Å². The Morgan fingerprint density at radius 3 is 3.05 bits per heavy atom. The second kappa shape index (κ2) is 4.64. The lowest BCUT2D eigenvalue weighted by Gasteiger charge is -2.21. The first-order valence-corrected chi connectivity index (χ1v) is 6.73. The molecule has 0 radical (unpaired) electrons. The molecule has 5 nitrogen and oxygen atoms in total. The molecule has 1 amide bonds. The summed E-state index contributed by atoms with van der Waals surface area (Å²) in [6, 6.07) is 3.61. The highest BCUT2D eigenvalue weighted by Gasteiger charge is 2.27. The summed E-state index contributed by atoms with van der Waals surface area (Å²) in [5, 5.41) is 6.16. The van der Waals surface area contributed by atoms with Crippen LogP contribution in [-0.4, -0.2) is 19.1 Å². The number of amides is 1. The van der Waals surface area contributed by atoms with E-state index in [0.29, 0.717) is 23.0 Å². The molecule has 0 spiro atoms. The average molecular weight is 261 g/mol. The highest BCUT2D eigenvalue weighted by molar-refractivity contribution is 5.97. The SMILES string of the molecule is CC(CNc1cc2c(cc1N)OCC(=O)N2)C1CC1. The van der Waals surface area contributed by atoms with E-state index in [4.69, 9.17) is 10.5 Å². The zero-order valence-electron chi connectivity index (χ0n) is 11.0. The van der Waals surface area contributed by atoms with Gasteiger partial charge in [-0.1, -0.05) is 6.92 Å². The van der Waals surface area contributed by atoms with Crippen molar-refractivity contribution in [2.75, 3.05) is 29.5 Å². The van der Waals surface area contributed by atoms with Gasteiger partial charge in [0.05, 0.1) is 17.1 Å². The third kappa shape index (κ3) is 2.59. The molecule has 2 aliphatic rings. The normalized spacial score (nSPS) is 19.1. The summed E-state index contributed by atoms with van der Waals surface area (Å²) in [6.45, 7) is 3.21. The Balaban J connectivity index is 1.73. The number of hydrogen-bond acceptors (Lipinski definition) is 4. The lowest BCUT2D eigenvalue weighted by atomic mass is 10.1. The summed E-state index contributed by atoms with van der Waals surface area (Å²) in [6.07, 6.45) is 2.68. The summed E-state index contributed by atoms with van der Waals surface area (Å²) in [5.74, 6) is 2.02. The summed E-state index contributed by atoms with van der Waals surface area (Å²) in [5.41, 5.74) is 8.20. The number of hydrogen-bond donors (Lipinski definition) is 3. The first-order chi connectivity index (χ1) is 9.13. The molecule has 0 bridgehead atoms. The molecular formula is C14H19N3O2. The molecule has 1 unspecified atom stereocenters. The van der Waals surface area contributed by atoms with Crippen LogP contribution in [0.4, 0.5) is 17.1 Å². The van der Waals surface area contributed by atoms with E-state index in [1.807, 2.05) is 6.07 Å². The molecule has 1 aliphatic heterocycles. The van der Waals surface area contributed by atoms with Crippen molar-refractivity contribution in [3.8, 4) is 5.75 Å². The average Bonchev–Trinajstić information content (AvgIpc) is 3.20. The molecule has 1 saturated carbocycles. The number of ether oxygens (including phenoxy) is 1. The van der Waals surface area contributed by atoms with E-state index in [1.54, 1.807) is 6.07 Å². The lowest BCUT2D eigenvalue weighted by molar-refractivity contribution is -0.118. The predicted octanol–water partition coefficient (Wildman–Crippen LogP) is 2.06. The predicted molar refractivity (Wildman–Crippen MR) is 75.4 cm³/mol. The Labute approximate surface area is 112 Å². The van der Waals surface area contributed by atoms with Gasteiger partial charge in [0.15, 0.2) is 6.61 Å². The third-order valence-corrected chi connectivity index (χ3v) is 3.83. The Morgan fingerprint density at radius 1 is 1.53 bits per heavy atom. The number of benzene rings is 1. The van der Waals surface area contributed by atoms with E-state index >= 15 is 0 Å². The smallest absolute Gasteiger partial charge is 0.262 e. The van der Waals surface area contributed by atoms with E-state index in [0.717, 1.165) is 18.2 Å². The molecule has 102 valence electrons. The van der Waals surface area contributed by atoms with Crippen molar-refractivity contribution in [2.24, 2.45) is 11.8 Å². The largest absolute Gasteiger partial charge is 0.482 e. The molecule has 1 aliphatic carbocycles. The van der Waals surface area contributed by atoms with E-state index in [1.165, 1.54) is 12.8 Å². The zero-order chi connectivity index (χ0) is 13.4. The van der Waals surface area contributed by atoms with Gasteiger partial charge in [0.25, 0.3) is 5.91 Å². The van der Waals surface area contributed by atoms with Crippen LogP contribution in [0, 0.1) is 11.8 Å². The fourth-order valence-corrected chi connectivity index (χ4v) is 2.40. The summed E-state index contributed by atoms with van der Waals surface area (Å²) < 4.78 is 5.33. The maximum atomic E-state index is 11.3. The van der Waals surface area contributed by atoms with Crippen LogP contribution in [0.15, 0.2) is 12.1 Å². The van der Waals surface area contributed by atoms with Gasteiger partial charge in [-0.3, -0.25) is 4.79 Å². The first-order valence-electron chi connectivity index (χ1n) is 6.73. The van der Waals surface area contributed by atoms with Crippen molar-refractivity contribution in [2.45, 2.75) is 19.8 Å². The van der Waals surface area contributed by atoms with Crippen LogP contribution < -0.4 is 21.1 Å². The van der Waals surface area contributed by atoms with E-state index in [2.05, 4.69) is 17.6 Å². The number of rotatable bonds is 4. The molecule has 5 heteroatoms. The number of nitrogens with two attached hydrogens (primary N) is 1. The van der Waals surface area contributed by atoms with Crippen LogP contribution in [0.5, 0.6) is 5.75 Å². The molecule has 3 rings (SSSR count). The standard InChI is InChI=1S/C14H19N3O2/c1-8(9-2-3-9)6-16-11-5-12-13(4-10(11)15)19-7-14(18)17-12/h4-5,8-9,16H,2-3,6-7,15H2,1H3,(H,17,18). The fraction of sp³-hybridized carbons (Fsp3) is 0.500. The van der Waals surface area contributed by atoms with E-state index in [-0.39, 0.29) is 12.5 Å². The van der Waals surface area contributed by atoms with Gasteiger partial charge in [-0.2, -0.15) is 0 Å².